The molecule has 0 radical (unpaired) electrons. The minimum Gasteiger partial charge on any atom is -0.197 e. The lowest BCUT2D eigenvalue weighted by Crippen LogP contribution is -2.42. The first-order valence-electron chi connectivity index (χ1n) is 7.03. The number of hydrogen-bond donors (Lipinski definition) is 0. The van der Waals surface area contributed by atoms with Crippen LogP contribution >= 0.6 is 0 Å². The molecule has 21 heavy (non-hydrogen) atoms. The van der Waals surface area contributed by atoms with Gasteiger partial charge in [0.25, 0.3) is 0 Å². The Bertz CT molecular complexity index is 602. The molecule has 118 valence electrons. The molecule has 2 fully saturated rings. The molecule has 0 unspecified atom stereocenters. The highest BCUT2D eigenvalue weighted by Gasteiger charge is 2.53. The third-order valence-corrected chi connectivity index (χ3v) is 9.02. The Labute approximate surface area is 124 Å². The molecule has 0 aliphatic carbocycles. The van der Waals surface area contributed by atoms with Crippen molar-refractivity contribution in [2.75, 3.05) is 0 Å². The predicted molar refractivity (Wildman–Crippen MR) is 75.7 cm³/mol. The molecule has 0 amide bonds. The Morgan fingerprint density at radius 1 is 1.10 bits per heavy atom. The quantitative estimate of drug-likeness (QED) is 0.775. The van der Waals surface area contributed by atoms with Gasteiger partial charge in [-0.1, -0.05) is 0 Å². The van der Waals surface area contributed by atoms with Crippen molar-refractivity contribution >= 4 is 20.9 Å². The molecule has 1 aromatic heterocycles. The molecule has 0 spiro atoms. The van der Waals surface area contributed by atoms with Gasteiger partial charge in [0.05, 0.1) is 0 Å². The fourth-order valence-electron chi connectivity index (χ4n) is 3.40. The fourth-order valence-corrected chi connectivity index (χ4v) is 8.12. The van der Waals surface area contributed by atoms with E-state index in [2.05, 4.69) is 0 Å². The number of nitrogens with zero attached hydrogens (tertiary/aromatic N) is 1. The molecule has 1 aromatic rings. The topological polar surface area (TPSA) is 39.1 Å². The predicted octanol–water partition coefficient (Wildman–Crippen LogP) is 3.27. The van der Waals surface area contributed by atoms with E-state index in [4.69, 9.17) is 0 Å². The van der Waals surface area contributed by atoms with Gasteiger partial charge in [-0.3, -0.25) is 0 Å². The van der Waals surface area contributed by atoms with Crippen LogP contribution in [0, 0.1) is 0 Å². The van der Waals surface area contributed by atoms with Gasteiger partial charge in [-0.15, -0.1) is 0 Å². The van der Waals surface area contributed by atoms with Crippen LogP contribution in [0.1, 0.15) is 38.5 Å². The lowest BCUT2D eigenvalue weighted by Gasteiger charge is -2.34. The maximum atomic E-state index is 12.8. The summed E-state index contributed by atoms with van der Waals surface area (Å²) in [5, 5.41) is 1.03. The number of hydrogen-bond acceptors (Lipinski definition) is 2. The summed E-state index contributed by atoms with van der Waals surface area (Å²) in [6.45, 7) is 0. The Morgan fingerprint density at radius 3 is 2.10 bits per heavy atom. The summed E-state index contributed by atoms with van der Waals surface area (Å²) in [4.78, 5) is 0. The molecule has 3 nitrogen and oxygen atoms in total. The van der Waals surface area contributed by atoms with Gasteiger partial charge in [0.2, 0.25) is 5.03 Å². The zero-order valence-electron chi connectivity index (χ0n) is 11.3. The molecule has 3 rings (SSSR count). The minimum atomic E-state index is -5.32. The first kappa shape index (κ1) is 15.3. The second kappa shape index (κ2) is 5.22. The van der Waals surface area contributed by atoms with Crippen molar-refractivity contribution in [2.24, 2.45) is 0 Å². The van der Waals surface area contributed by atoms with Gasteiger partial charge in [-0.05, 0) is 44.6 Å². The van der Waals surface area contributed by atoms with Crippen molar-refractivity contribution in [3.05, 3.63) is 18.3 Å². The maximum Gasteiger partial charge on any atom is 0.517 e. The van der Waals surface area contributed by atoms with Crippen molar-refractivity contribution in [3.8, 4) is 0 Å². The van der Waals surface area contributed by atoms with E-state index < -0.39 is 15.5 Å². The van der Waals surface area contributed by atoms with Crippen LogP contribution in [0.25, 0.3) is 0 Å². The molecule has 0 saturated carbocycles. The highest BCUT2D eigenvalue weighted by Crippen LogP contribution is 2.43. The number of fused-ring (bicyclic) bond motifs is 2. The largest absolute Gasteiger partial charge is 0.517 e. The zero-order chi connectivity index (χ0) is 15.3. The molecule has 3 heterocycles. The van der Waals surface area contributed by atoms with Crippen molar-refractivity contribution in [1.29, 1.82) is 0 Å². The molecular formula is C13H17F3NO2S2+. The summed E-state index contributed by atoms with van der Waals surface area (Å²) in [6.07, 6.45) is 7.23. The Kier molecular flexibility index (Phi) is 3.80. The van der Waals surface area contributed by atoms with Crippen molar-refractivity contribution in [2.45, 2.75) is 59.6 Å². The third-order valence-electron chi connectivity index (χ3n) is 4.29. The average molecular weight is 340 g/mol. The van der Waals surface area contributed by atoms with E-state index in [9.17, 15) is 21.6 Å². The van der Waals surface area contributed by atoms with Crippen LogP contribution in [0.3, 0.4) is 0 Å². The van der Waals surface area contributed by atoms with E-state index in [0.29, 0.717) is 19.5 Å². The summed E-state index contributed by atoms with van der Waals surface area (Å²) in [5.41, 5.74) is -5.25. The molecule has 2 saturated heterocycles. The Hall–Kier alpha value is -0.630. The molecule has 2 aliphatic rings. The third kappa shape index (κ3) is 2.50. The Morgan fingerprint density at radius 2 is 1.62 bits per heavy atom. The lowest BCUT2D eigenvalue weighted by atomic mass is 9.99. The number of alkyl halides is 3. The lowest BCUT2D eigenvalue weighted by molar-refractivity contribution is -0.0448. The van der Waals surface area contributed by atoms with Crippen LogP contribution in [0.5, 0.6) is 0 Å². The van der Waals surface area contributed by atoms with E-state index in [1.165, 1.54) is 6.07 Å². The van der Waals surface area contributed by atoms with Crippen LogP contribution < -0.4 is 0 Å². The molecular weight excluding hydrogens is 323 g/mol. The Balaban J connectivity index is 2.04. The van der Waals surface area contributed by atoms with E-state index in [1.807, 2.05) is 0 Å². The van der Waals surface area contributed by atoms with E-state index in [1.54, 1.807) is 6.07 Å². The first-order valence-corrected chi connectivity index (χ1v) is 9.82. The summed E-state index contributed by atoms with van der Waals surface area (Å²) in [6, 6.07) is 2.97. The molecule has 0 aromatic carbocycles. The molecule has 2 aliphatic heterocycles. The summed E-state index contributed by atoms with van der Waals surface area (Å²) >= 11 is 0. The monoisotopic (exact) mass is 340 g/mol. The normalized spacial score (nSPS) is 30.3. The van der Waals surface area contributed by atoms with Gasteiger partial charge < -0.3 is 0 Å². The van der Waals surface area contributed by atoms with E-state index in [0.717, 1.165) is 44.7 Å². The summed E-state index contributed by atoms with van der Waals surface area (Å²) < 4.78 is 62.4. The van der Waals surface area contributed by atoms with Gasteiger partial charge in [-0.2, -0.15) is 25.6 Å². The van der Waals surface area contributed by atoms with Crippen LogP contribution in [-0.4, -0.2) is 28.4 Å². The second-order valence-electron chi connectivity index (χ2n) is 5.57. The second-order valence-corrected chi connectivity index (χ2v) is 9.87. The molecule has 8 heteroatoms. The molecule has 0 atom stereocenters. The standard InChI is InChI=1S/C13H17F3NO2S2/c14-13(15,16)21(18,19)17-9-3-8-12(17)20-10-4-1-5-11(20)7-2-6-10/h3,8-11H,1-2,4-7H2/q+1. The van der Waals surface area contributed by atoms with Crippen LogP contribution in [0.4, 0.5) is 13.2 Å². The van der Waals surface area contributed by atoms with E-state index in [-0.39, 0.29) is 10.9 Å². The van der Waals surface area contributed by atoms with Crippen molar-refractivity contribution < 1.29 is 21.6 Å². The smallest absolute Gasteiger partial charge is 0.197 e. The zero-order valence-corrected chi connectivity index (χ0v) is 13.0. The molecule has 0 N–H and O–H groups in total. The molecule has 2 bridgehead atoms. The maximum absolute atomic E-state index is 12.8. The van der Waals surface area contributed by atoms with E-state index >= 15 is 0 Å². The van der Waals surface area contributed by atoms with Gasteiger partial charge in [0, 0.05) is 23.2 Å². The van der Waals surface area contributed by atoms with Crippen molar-refractivity contribution in [3.63, 3.8) is 0 Å². The highest BCUT2D eigenvalue weighted by molar-refractivity contribution is 7.99. The van der Waals surface area contributed by atoms with Crippen LogP contribution in [-0.2, 0) is 20.9 Å². The SMILES string of the molecule is O=S(=O)(n1cccc1[S+]1C2CCCC1CCC2)C(F)(F)F. The number of halogens is 3. The van der Waals surface area contributed by atoms with Gasteiger partial charge >= 0.3 is 15.5 Å². The number of rotatable bonds is 2. The highest BCUT2D eigenvalue weighted by atomic mass is 32.2. The van der Waals surface area contributed by atoms with Gasteiger partial charge in [0.15, 0.2) is 0 Å². The van der Waals surface area contributed by atoms with Gasteiger partial charge in [-0.25, -0.2) is 0 Å². The summed E-state index contributed by atoms with van der Waals surface area (Å²) in [7, 11) is -5.70. The first-order chi connectivity index (χ1) is 9.82. The summed E-state index contributed by atoms with van der Waals surface area (Å²) in [5.74, 6) is 0. The van der Waals surface area contributed by atoms with Crippen molar-refractivity contribution in [1.82, 2.24) is 3.97 Å². The van der Waals surface area contributed by atoms with Crippen LogP contribution in [0.2, 0.25) is 0 Å². The fraction of sp³-hybridized carbons (Fsp3) is 0.692. The minimum absolute atomic E-state index is 0.342. The number of aromatic nitrogens is 1. The van der Waals surface area contributed by atoms with Gasteiger partial charge in [0.1, 0.15) is 10.5 Å². The average Bonchev–Trinajstić information content (AvgIpc) is 2.85. The van der Waals surface area contributed by atoms with Crippen LogP contribution in [0.15, 0.2) is 23.4 Å².